The van der Waals surface area contributed by atoms with E-state index >= 15 is 0 Å². The number of aromatic nitrogens is 2. The molecule has 0 aliphatic heterocycles. The molecule has 0 bridgehead atoms. The second kappa shape index (κ2) is 4.67. The van der Waals surface area contributed by atoms with Crippen molar-refractivity contribution in [2.45, 2.75) is 6.92 Å². The summed E-state index contributed by atoms with van der Waals surface area (Å²) >= 11 is 5.83. The van der Waals surface area contributed by atoms with Crippen LogP contribution in [-0.2, 0) is 0 Å². The first-order valence-corrected chi connectivity index (χ1v) is 5.45. The fraction of sp³-hybridized carbons (Fsp3) is 0.167. The van der Waals surface area contributed by atoms with Gasteiger partial charge < -0.3 is 5.32 Å². The lowest BCUT2D eigenvalue weighted by Crippen LogP contribution is -1.99. The summed E-state index contributed by atoms with van der Waals surface area (Å²) in [5, 5.41) is 3.31. The van der Waals surface area contributed by atoms with E-state index in [0.29, 0.717) is 16.3 Å². The predicted octanol–water partition coefficient (Wildman–Crippen LogP) is 3.29. The maximum atomic E-state index is 13.3. The van der Waals surface area contributed by atoms with E-state index in [2.05, 4.69) is 15.3 Å². The molecular weight excluding hydrogens is 241 g/mol. The fourth-order valence-corrected chi connectivity index (χ4v) is 1.91. The number of rotatable bonds is 2. The van der Waals surface area contributed by atoms with E-state index in [0.717, 1.165) is 11.4 Å². The highest BCUT2D eigenvalue weighted by Gasteiger charge is 2.09. The molecule has 2 aromatic rings. The number of nitrogens with one attached hydrogen (secondary N) is 1. The number of anilines is 1. The molecule has 17 heavy (non-hydrogen) atoms. The molecule has 88 valence electrons. The summed E-state index contributed by atoms with van der Waals surface area (Å²) in [6.07, 6.45) is 1.44. The molecule has 0 radical (unpaired) electrons. The number of hydrogen-bond donors (Lipinski definition) is 1. The average molecular weight is 252 g/mol. The first-order chi connectivity index (χ1) is 8.11. The Bertz CT molecular complexity index is 537. The van der Waals surface area contributed by atoms with Crippen molar-refractivity contribution in [1.82, 2.24) is 9.97 Å². The minimum Gasteiger partial charge on any atom is -0.373 e. The Hall–Kier alpha value is -1.68. The van der Waals surface area contributed by atoms with Gasteiger partial charge in [-0.2, -0.15) is 0 Å². The molecule has 1 heterocycles. The quantitative estimate of drug-likeness (QED) is 0.890. The van der Waals surface area contributed by atoms with Crippen molar-refractivity contribution >= 4 is 17.4 Å². The Morgan fingerprint density at radius 2 is 2.00 bits per heavy atom. The normalized spacial score (nSPS) is 10.4. The molecule has 1 aromatic heterocycles. The van der Waals surface area contributed by atoms with Crippen molar-refractivity contribution in [2.75, 3.05) is 12.4 Å². The second-order valence-corrected chi connectivity index (χ2v) is 4.04. The summed E-state index contributed by atoms with van der Waals surface area (Å²) in [5.74, 6) is 0.340. The first-order valence-electron chi connectivity index (χ1n) is 5.07. The van der Waals surface area contributed by atoms with Crippen molar-refractivity contribution in [1.29, 1.82) is 0 Å². The second-order valence-electron chi connectivity index (χ2n) is 3.60. The molecule has 0 aliphatic rings. The van der Waals surface area contributed by atoms with Crippen molar-refractivity contribution in [3.8, 4) is 11.3 Å². The van der Waals surface area contributed by atoms with E-state index in [1.807, 2.05) is 6.92 Å². The molecule has 0 aliphatic carbocycles. The standard InChI is InChI=1S/C12H11ClFN3/c1-7-11(16-6-17-12(7)15-2)8-3-9(13)5-10(14)4-8/h3-6H,1-2H3,(H,15,16,17). The zero-order valence-electron chi connectivity index (χ0n) is 9.46. The highest BCUT2D eigenvalue weighted by Crippen LogP contribution is 2.27. The minimum absolute atomic E-state index is 0.351. The van der Waals surface area contributed by atoms with Crippen LogP contribution in [0.5, 0.6) is 0 Å². The summed E-state index contributed by atoms with van der Waals surface area (Å²) in [7, 11) is 1.78. The summed E-state index contributed by atoms with van der Waals surface area (Å²) < 4.78 is 13.3. The molecule has 0 atom stereocenters. The molecule has 0 unspecified atom stereocenters. The lowest BCUT2D eigenvalue weighted by Gasteiger charge is -2.09. The highest BCUT2D eigenvalue weighted by molar-refractivity contribution is 6.30. The summed E-state index contributed by atoms with van der Waals surface area (Å²) in [5.41, 5.74) is 2.17. The van der Waals surface area contributed by atoms with E-state index in [-0.39, 0.29) is 5.82 Å². The summed E-state index contributed by atoms with van der Waals surface area (Å²) in [4.78, 5) is 8.24. The lowest BCUT2D eigenvalue weighted by molar-refractivity contribution is 0.628. The van der Waals surface area contributed by atoms with Gasteiger partial charge in [-0.15, -0.1) is 0 Å². The number of nitrogens with zero attached hydrogens (tertiary/aromatic N) is 2. The van der Waals surface area contributed by atoms with Gasteiger partial charge in [0, 0.05) is 23.2 Å². The molecule has 3 nitrogen and oxygen atoms in total. The monoisotopic (exact) mass is 251 g/mol. The van der Waals surface area contributed by atoms with Crippen LogP contribution in [0.15, 0.2) is 24.5 Å². The molecular formula is C12H11ClFN3. The van der Waals surface area contributed by atoms with Gasteiger partial charge in [-0.05, 0) is 25.1 Å². The van der Waals surface area contributed by atoms with E-state index in [1.54, 1.807) is 13.1 Å². The van der Waals surface area contributed by atoms with Crippen molar-refractivity contribution < 1.29 is 4.39 Å². The van der Waals surface area contributed by atoms with Crippen LogP contribution in [0.3, 0.4) is 0 Å². The molecule has 0 amide bonds. The number of halogens is 2. The average Bonchev–Trinajstić information content (AvgIpc) is 2.28. The van der Waals surface area contributed by atoms with Crippen LogP contribution in [-0.4, -0.2) is 17.0 Å². The smallest absolute Gasteiger partial charge is 0.132 e. The van der Waals surface area contributed by atoms with Crippen molar-refractivity contribution in [3.05, 3.63) is 40.9 Å². The van der Waals surface area contributed by atoms with Crippen molar-refractivity contribution in [3.63, 3.8) is 0 Å². The predicted molar refractivity (Wildman–Crippen MR) is 66.7 cm³/mol. The minimum atomic E-state index is -0.378. The van der Waals surface area contributed by atoms with Crippen LogP contribution < -0.4 is 5.32 Å². The van der Waals surface area contributed by atoms with Gasteiger partial charge >= 0.3 is 0 Å². The van der Waals surface area contributed by atoms with Gasteiger partial charge in [-0.25, -0.2) is 14.4 Å². The topological polar surface area (TPSA) is 37.8 Å². The molecule has 0 fully saturated rings. The summed E-state index contributed by atoms with van der Waals surface area (Å²) in [6, 6.07) is 4.35. The van der Waals surface area contributed by atoms with Crippen LogP contribution in [0.4, 0.5) is 10.2 Å². The van der Waals surface area contributed by atoms with Crippen LogP contribution in [0, 0.1) is 12.7 Å². The van der Waals surface area contributed by atoms with E-state index in [4.69, 9.17) is 11.6 Å². The van der Waals surface area contributed by atoms with Gasteiger partial charge in [0.05, 0.1) is 5.69 Å². The van der Waals surface area contributed by atoms with Crippen LogP contribution >= 0.6 is 11.6 Å². The Morgan fingerprint density at radius 3 is 2.65 bits per heavy atom. The zero-order chi connectivity index (χ0) is 12.4. The molecule has 2 rings (SSSR count). The van der Waals surface area contributed by atoms with Crippen LogP contribution in [0.2, 0.25) is 5.02 Å². The first kappa shape index (κ1) is 11.8. The zero-order valence-corrected chi connectivity index (χ0v) is 10.2. The molecule has 5 heteroatoms. The maximum Gasteiger partial charge on any atom is 0.132 e. The van der Waals surface area contributed by atoms with Crippen molar-refractivity contribution in [2.24, 2.45) is 0 Å². The Morgan fingerprint density at radius 1 is 1.24 bits per heavy atom. The van der Waals surface area contributed by atoms with Gasteiger partial charge in [0.25, 0.3) is 0 Å². The lowest BCUT2D eigenvalue weighted by atomic mass is 10.1. The SMILES string of the molecule is CNc1ncnc(-c2cc(F)cc(Cl)c2)c1C. The van der Waals surface area contributed by atoms with Crippen LogP contribution in [0.25, 0.3) is 11.3 Å². The molecule has 0 saturated carbocycles. The van der Waals surface area contributed by atoms with Gasteiger partial charge in [-0.1, -0.05) is 11.6 Å². The fourth-order valence-electron chi connectivity index (χ4n) is 1.68. The van der Waals surface area contributed by atoms with Gasteiger partial charge in [0.1, 0.15) is 18.0 Å². The van der Waals surface area contributed by atoms with Crippen LogP contribution in [0.1, 0.15) is 5.56 Å². The third-order valence-electron chi connectivity index (χ3n) is 2.46. The molecule has 0 saturated heterocycles. The highest BCUT2D eigenvalue weighted by atomic mass is 35.5. The third-order valence-corrected chi connectivity index (χ3v) is 2.68. The van der Waals surface area contributed by atoms with E-state index < -0.39 is 0 Å². The third kappa shape index (κ3) is 2.36. The molecule has 1 aromatic carbocycles. The molecule has 1 N–H and O–H groups in total. The number of hydrogen-bond acceptors (Lipinski definition) is 3. The largest absolute Gasteiger partial charge is 0.373 e. The summed E-state index contributed by atoms with van der Waals surface area (Å²) in [6.45, 7) is 1.87. The molecule has 0 spiro atoms. The maximum absolute atomic E-state index is 13.3. The Kier molecular flexibility index (Phi) is 3.24. The van der Waals surface area contributed by atoms with E-state index in [9.17, 15) is 4.39 Å². The Balaban J connectivity index is 2.60. The van der Waals surface area contributed by atoms with Gasteiger partial charge in [-0.3, -0.25) is 0 Å². The number of benzene rings is 1. The van der Waals surface area contributed by atoms with E-state index in [1.165, 1.54) is 18.5 Å². The van der Waals surface area contributed by atoms with Gasteiger partial charge in [0.2, 0.25) is 0 Å². The van der Waals surface area contributed by atoms with Gasteiger partial charge in [0.15, 0.2) is 0 Å². The Labute approximate surface area is 104 Å².